The molecule has 2 amide bonds. The van der Waals surface area contributed by atoms with Crippen molar-refractivity contribution in [3.05, 3.63) is 77.1 Å². The Labute approximate surface area is 197 Å². The van der Waals surface area contributed by atoms with E-state index in [1.54, 1.807) is 4.90 Å². The monoisotopic (exact) mass is 464 g/mol. The van der Waals surface area contributed by atoms with Crippen LogP contribution in [0.2, 0.25) is 0 Å². The van der Waals surface area contributed by atoms with E-state index in [9.17, 15) is 19.5 Å². The summed E-state index contributed by atoms with van der Waals surface area (Å²) in [4.78, 5) is 38.3. The van der Waals surface area contributed by atoms with E-state index in [1.807, 2.05) is 54.6 Å². The summed E-state index contributed by atoms with van der Waals surface area (Å²) in [5.74, 6) is -1.66. The number of hydrogen-bond acceptors (Lipinski definition) is 5. The van der Waals surface area contributed by atoms with Crippen LogP contribution < -0.4 is 10.1 Å². The molecule has 0 aromatic heterocycles. The molecule has 8 nitrogen and oxygen atoms in total. The van der Waals surface area contributed by atoms with Gasteiger partial charge in [0.15, 0.2) is 0 Å². The third-order valence-electron chi connectivity index (χ3n) is 6.03. The van der Waals surface area contributed by atoms with Gasteiger partial charge in [-0.25, -0.2) is 0 Å². The maximum absolute atomic E-state index is 13.4. The Bertz CT molecular complexity index is 1080. The van der Waals surface area contributed by atoms with Crippen molar-refractivity contribution in [3.8, 4) is 5.75 Å². The standard InChI is InChI=1S/C26H28N2O6/c29-22-13-20(12-17-4-2-1-3-5-17)28(26(33)24(22)25(32)27-14-23(30)31)15-18-8-10-21(11-9-18)34-16-19-6-7-19/h1-5,8-11,19-20,29H,6-7,12-16H2,(H,27,32)(H,30,31)/t20-/m1/s1. The minimum absolute atomic E-state index is 0.0963. The molecule has 2 aromatic carbocycles. The molecular formula is C26H28N2O6. The van der Waals surface area contributed by atoms with Gasteiger partial charge in [0.1, 0.15) is 23.6 Å². The zero-order chi connectivity index (χ0) is 24.1. The van der Waals surface area contributed by atoms with Crippen LogP contribution in [0.5, 0.6) is 5.75 Å². The fourth-order valence-electron chi connectivity index (χ4n) is 4.00. The minimum atomic E-state index is -1.24. The lowest BCUT2D eigenvalue weighted by atomic mass is 9.93. The van der Waals surface area contributed by atoms with Crippen LogP contribution in [0.4, 0.5) is 0 Å². The summed E-state index contributed by atoms with van der Waals surface area (Å²) in [5, 5.41) is 21.6. The van der Waals surface area contributed by atoms with Crippen molar-refractivity contribution in [1.82, 2.24) is 10.2 Å². The Kier molecular flexibility index (Phi) is 7.15. The second-order valence-electron chi connectivity index (χ2n) is 8.78. The first kappa shape index (κ1) is 23.4. The lowest BCUT2D eigenvalue weighted by Gasteiger charge is -2.36. The number of nitrogens with zero attached hydrogens (tertiary/aromatic N) is 1. The zero-order valence-electron chi connectivity index (χ0n) is 18.8. The first-order valence-corrected chi connectivity index (χ1v) is 11.4. The van der Waals surface area contributed by atoms with Crippen LogP contribution in [0.25, 0.3) is 0 Å². The third kappa shape index (κ3) is 5.95. The smallest absolute Gasteiger partial charge is 0.322 e. The number of aliphatic hydroxyl groups is 1. The number of aliphatic carboxylic acids is 1. The van der Waals surface area contributed by atoms with Gasteiger partial charge in [-0.1, -0.05) is 42.5 Å². The van der Waals surface area contributed by atoms with Gasteiger partial charge in [-0.2, -0.15) is 0 Å². The van der Waals surface area contributed by atoms with E-state index >= 15 is 0 Å². The van der Waals surface area contributed by atoms with Crippen LogP contribution >= 0.6 is 0 Å². The van der Waals surface area contributed by atoms with Gasteiger partial charge in [0.25, 0.3) is 11.8 Å². The number of carbonyl (C=O) groups is 3. The van der Waals surface area contributed by atoms with Gasteiger partial charge >= 0.3 is 5.97 Å². The third-order valence-corrected chi connectivity index (χ3v) is 6.03. The summed E-state index contributed by atoms with van der Waals surface area (Å²) < 4.78 is 5.78. The second kappa shape index (κ2) is 10.4. The highest BCUT2D eigenvalue weighted by Crippen LogP contribution is 2.30. The molecule has 1 aliphatic heterocycles. The second-order valence-corrected chi connectivity index (χ2v) is 8.78. The highest BCUT2D eigenvalue weighted by atomic mass is 16.5. The minimum Gasteiger partial charge on any atom is -0.511 e. The number of rotatable bonds is 10. The molecule has 2 aromatic rings. The Morgan fingerprint density at radius 3 is 2.38 bits per heavy atom. The average Bonchev–Trinajstić information content (AvgIpc) is 3.65. The molecule has 2 aliphatic rings. The van der Waals surface area contributed by atoms with Crippen molar-refractivity contribution < 1.29 is 29.3 Å². The van der Waals surface area contributed by atoms with Crippen molar-refractivity contribution in [2.75, 3.05) is 13.2 Å². The van der Waals surface area contributed by atoms with Crippen molar-refractivity contribution >= 4 is 17.8 Å². The van der Waals surface area contributed by atoms with Crippen LogP contribution in [-0.2, 0) is 27.3 Å². The van der Waals surface area contributed by atoms with Gasteiger partial charge in [-0.15, -0.1) is 0 Å². The van der Waals surface area contributed by atoms with E-state index in [4.69, 9.17) is 9.84 Å². The number of carboxylic acid groups (broad SMARTS) is 1. The summed E-state index contributed by atoms with van der Waals surface area (Å²) in [6.07, 6.45) is 3.02. The number of benzene rings is 2. The molecule has 1 saturated carbocycles. The first-order valence-electron chi connectivity index (χ1n) is 11.4. The molecule has 1 atom stereocenters. The number of carbonyl (C=O) groups excluding carboxylic acids is 2. The molecule has 178 valence electrons. The molecule has 0 radical (unpaired) electrons. The topological polar surface area (TPSA) is 116 Å². The maximum Gasteiger partial charge on any atom is 0.322 e. The van der Waals surface area contributed by atoms with Crippen molar-refractivity contribution in [1.29, 1.82) is 0 Å². The molecule has 34 heavy (non-hydrogen) atoms. The zero-order valence-corrected chi connectivity index (χ0v) is 18.8. The molecule has 1 aliphatic carbocycles. The molecular weight excluding hydrogens is 436 g/mol. The Morgan fingerprint density at radius 1 is 1.03 bits per heavy atom. The summed E-state index contributed by atoms with van der Waals surface area (Å²) in [6.45, 7) is 0.308. The van der Waals surface area contributed by atoms with Crippen LogP contribution in [0.15, 0.2) is 65.9 Å². The lowest BCUT2D eigenvalue weighted by molar-refractivity contribution is -0.139. The normalized spacial score (nSPS) is 18.1. The number of carboxylic acids is 1. The number of hydrogen-bond donors (Lipinski definition) is 3. The van der Waals surface area contributed by atoms with Gasteiger partial charge < -0.3 is 25.2 Å². The predicted octanol–water partition coefficient (Wildman–Crippen LogP) is 2.83. The maximum atomic E-state index is 13.4. The summed E-state index contributed by atoms with van der Waals surface area (Å²) >= 11 is 0. The quantitative estimate of drug-likeness (QED) is 0.466. The van der Waals surface area contributed by atoms with Crippen LogP contribution in [0.3, 0.4) is 0 Å². The van der Waals surface area contributed by atoms with E-state index in [1.165, 1.54) is 12.8 Å². The largest absolute Gasteiger partial charge is 0.511 e. The van der Waals surface area contributed by atoms with Crippen molar-refractivity contribution in [2.45, 2.75) is 38.3 Å². The van der Waals surface area contributed by atoms with Gasteiger partial charge in [-0.05, 0) is 48.4 Å². The van der Waals surface area contributed by atoms with Crippen LogP contribution in [-0.4, -0.2) is 52.1 Å². The van der Waals surface area contributed by atoms with Crippen molar-refractivity contribution in [3.63, 3.8) is 0 Å². The molecule has 1 fully saturated rings. The SMILES string of the molecule is O=C(O)CNC(=O)C1=C(O)C[C@@H](Cc2ccccc2)N(Cc2ccc(OCC3CC3)cc2)C1=O. The van der Waals surface area contributed by atoms with Gasteiger partial charge in [0, 0.05) is 19.0 Å². The molecule has 0 unspecified atom stereocenters. The van der Waals surface area contributed by atoms with Gasteiger partial charge in [0.05, 0.1) is 6.61 Å². The van der Waals surface area contributed by atoms with Crippen molar-refractivity contribution in [2.24, 2.45) is 5.92 Å². The number of aliphatic hydroxyl groups excluding tert-OH is 1. The summed E-state index contributed by atoms with van der Waals surface area (Å²) in [5.41, 5.74) is 1.45. The number of ether oxygens (including phenoxy) is 1. The van der Waals surface area contributed by atoms with Crippen LogP contribution in [0, 0.1) is 5.92 Å². The molecule has 0 bridgehead atoms. The first-order chi connectivity index (χ1) is 16.4. The molecule has 3 N–H and O–H groups in total. The average molecular weight is 465 g/mol. The predicted molar refractivity (Wildman–Crippen MR) is 124 cm³/mol. The Balaban J connectivity index is 1.54. The fraction of sp³-hybridized carbons (Fsp3) is 0.346. The molecule has 4 rings (SSSR count). The summed E-state index contributed by atoms with van der Waals surface area (Å²) in [6, 6.07) is 16.8. The van der Waals surface area contributed by atoms with E-state index in [-0.39, 0.29) is 24.8 Å². The van der Waals surface area contributed by atoms with E-state index in [2.05, 4.69) is 5.32 Å². The molecule has 0 spiro atoms. The Hall–Kier alpha value is -3.81. The number of nitrogens with one attached hydrogen (secondary N) is 1. The van der Waals surface area contributed by atoms with E-state index < -0.39 is 29.9 Å². The number of amides is 2. The van der Waals surface area contributed by atoms with E-state index in [0.717, 1.165) is 16.9 Å². The summed E-state index contributed by atoms with van der Waals surface area (Å²) in [7, 11) is 0. The van der Waals surface area contributed by atoms with E-state index in [0.29, 0.717) is 18.9 Å². The highest BCUT2D eigenvalue weighted by Gasteiger charge is 2.38. The Morgan fingerprint density at radius 2 is 1.74 bits per heavy atom. The van der Waals surface area contributed by atoms with Gasteiger partial charge in [0.2, 0.25) is 0 Å². The lowest BCUT2D eigenvalue weighted by Crippen LogP contribution is -2.49. The van der Waals surface area contributed by atoms with Crippen LogP contribution in [0.1, 0.15) is 30.4 Å². The van der Waals surface area contributed by atoms with Gasteiger partial charge in [-0.3, -0.25) is 14.4 Å². The molecule has 1 heterocycles. The highest BCUT2D eigenvalue weighted by molar-refractivity contribution is 6.19. The molecule has 8 heteroatoms. The fourth-order valence-corrected chi connectivity index (χ4v) is 4.00. The molecule has 0 saturated heterocycles.